The lowest BCUT2D eigenvalue weighted by Gasteiger charge is -2.14. The number of nitrogens with two attached hydrogens (primary N) is 1. The molecule has 2 rings (SSSR count). The minimum Gasteiger partial charge on any atom is -0.347 e. The molecular weight excluding hydrogens is 282 g/mol. The Morgan fingerprint density at radius 1 is 1.38 bits per heavy atom. The molecule has 0 spiro atoms. The van der Waals surface area contributed by atoms with E-state index >= 15 is 0 Å². The van der Waals surface area contributed by atoms with E-state index in [1.165, 1.54) is 0 Å². The summed E-state index contributed by atoms with van der Waals surface area (Å²) >= 11 is 1.61. The van der Waals surface area contributed by atoms with Crippen molar-refractivity contribution in [3.8, 4) is 0 Å². The maximum atomic E-state index is 12.0. The summed E-state index contributed by atoms with van der Waals surface area (Å²) in [5.74, 6) is 0.0155. The van der Waals surface area contributed by atoms with Gasteiger partial charge in [-0.3, -0.25) is 4.79 Å². The van der Waals surface area contributed by atoms with E-state index in [9.17, 15) is 4.79 Å². The molecule has 1 heterocycles. The van der Waals surface area contributed by atoms with Gasteiger partial charge in [0.1, 0.15) is 5.01 Å². The first-order valence-corrected chi connectivity index (χ1v) is 7.90. The quantitative estimate of drug-likeness (QED) is 0.861. The predicted octanol–water partition coefficient (Wildman–Crippen LogP) is 3.11. The number of hydrogen-bond donors (Lipinski definition) is 2. The predicted molar refractivity (Wildman–Crippen MR) is 86.0 cm³/mol. The van der Waals surface area contributed by atoms with Gasteiger partial charge in [0.2, 0.25) is 5.91 Å². The van der Waals surface area contributed by atoms with Gasteiger partial charge in [0.25, 0.3) is 0 Å². The third kappa shape index (κ3) is 4.65. The number of aryl methyl sites for hydroxylation is 1. The molecule has 2 atom stereocenters. The average molecular weight is 303 g/mol. The Balaban J connectivity index is 1.79. The highest BCUT2D eigenvalue weighted by molar-refractivity contribution is 7.11. The number of benzene rings is 1. The molecule has 2 aromatic rings. The van der Waals surface area contributed by atoms with E-state index in [4.69, 9.17) is 5.73 Å². The maximum Gasteiger partial charge on any atom is 0.220 e. The fourth-order valence-electron chi connectivity index (χ4n) is 2.10. The van der Waals surface area contributed by atoms with Crippen LogP contribution in [-0.2, 0) is 4.79 Å². The second kappa shape index (κ2) is 7.33. The van der Waals surface area contributed by atoms with Gasteiger partial charge >= 0.3 is 0 Å². The zero-order chi connectivity index (χ0) is 15.2. The summed E-state index contributed by atoms with van der Waals surface area (Å²) < 4.78 is 0. The molecule has 5 heteroatoms. The first-order valence-electron chi connectivity index (χ1n) is 7.08. The molecule has 0 saturated heterocycles. The minimum absolute atomic E-state index is 0.0155. The van der Waals surface area contributed by atoms with Crippen molar-refractivity contribution in [1.29, 1.82) is 0 Å². The second-order valence-electron chi connectivity index (χ2n) is 5.15. The highest BCUT2D eigenvalue weighted by Crippen LogP contribution is 2.20. The van der Waals surface area contributed by atoms with E-state index in [1.807, 2.05) is 50.4 Å². The number of carbonyl (C=O) groups excluding carboxylic acids is 1. The molecule has 0 aliphatic carbocycles. The van der Waals surface area contributed by atoms with Crippen molar-refractivity contribution in [3.63, 3.8) is 0 Å². The Bertz CT molecular complexity index is 582. The molecule has 0 fully saturated rings. The molecule has 1 aromatic carbocycles. The number of carbonyl (C=O) groups is 1. The molecule has 0 aliphatic rings. The molecule has 2 unspecified atom stereocenters. The number of amides is 1. The van der Waals surface area contributed by atoms with Crippen LogP contribution in [0.5, 0.6) is 0 Å². The molecule has 3 N–H and O–H groups in total. The zero-order valence-corrected chi connectivity index (χ0v) is 13.2. The van der Waals surface area contributed by atoms with Crippen LogP contribution in [0.4, 0.5) is 0 Å². The normalized spacial score (nSPS) is 13.7. The Morgan fingerprint density at radius 3 is 2.71 bits per heavy atom. The van der Waals surface area contributed by atoms with Gasteiger partial charge < -0.3 is 11.1 Å². The Labute approximate surface area is 129 Å². The van der Waals surface area contributed by atoms with Gasteiger partial charge in [-0.2, -0.15) is 0 Å². The lowest BCUT2D eigenvalue weighted by atomic mass is 10.0. The van der Waals surface area contributed by atoms with Crippen molar-refractivity contribution >= 4 is 17.2 Å². The van der Waals surface area contributed by atoms with Gasteiger partial charge in [-0.1, -0.05) is 30.3 Å². The number of nitrogens with zero attached hydrogens (tertiary/aromatic N) is 1. The standard InChI is InChI=1S/C16H21N3OS/c1-11-10-18-16(21-11)12(2)19-15(20)9-8-14(17)13-6-4-3-5-7-13/h3-7,10,12,14H,8-9,17H2,1-2H3,(H,19,20). The first kappa shape index (κ1) is 15.7. The molecule has 0 aliphatic heterocycles. The largest absolute Gasteiger partial charge is 0.347 e. The van der Waals surface area contributed by atoms with E-state index in [-0.39, 0.29) is 18.0 Å². The summed E-state index contributed by atoms with van der Waals surface area (Å²) in [6, 6.07) is 9.70. The fourth-order valence-corrected chi connectivity index (χ4v) is 2.88. The van der Waals surface area contributed by atoms with Crippen molar-refractivity contribution in [1.82, 2.24) is 10.3 Å². The lowest BCUT2D eigenvalue weighted by molar-refractivity contribution is -0.121. The van der Waals surface area contributed by atoms with Gasteiger partial charge in [-0.05, 0) is 25.8 Å². The van der Waals surface area contributed by atoms with Crippen molar-refractivity contribution in [2.24, 2.45) is 5.73 Å². The molecule has 4 nitrogen and oxygen atoms in total. The zero-order valence-electron chi connectivity index (χ0n) is 12.4. The van der Waals surface area contributed by atoms with Crippen molar-refractivity contribution in [3.05, 3.63) is 52.0 Å². The van der Waals surface area contributed by atoms with E-state index in [0.29, 0.717) is 12.8 Å². The maximum absolute atomic E-state index is 12.0. The van der Waals surface area contributed by atoms with Crippen LogP contribution in [0.2, 0.25) is 0 Å². The summed E-state index contributed by atoms with van der Waals surface area (Å²) in [7, 11) is 0. The van der Waals surface area contributed by atoms with Gasteiger partial charge in [0.15, 0.2) is 0 Å². The lowest BCUT2D eigenvalue weighted by Crippen LogP contribution is -2.27. The molecule has 0 bridgehead atoms. The number of nitrogens with one attached hydrogen (secondary N) is 1. The molecule has 0 radical (unpaired) electrons. The van der Waals surface area contributed by atoms with Crippen LogP contribution >= 0.6 is 11.3 Å². The van der Waals surface area contributed by atoms with Crippen LogP contribution in [0.1, 0.15) is 47.3 Å². The molecule has 0 saturated carbocycles. The fraction of sp³-hybridized carbons (Fsp3) is 0.375. The molecule has 1 aromatic heterocycles. The van der Waals surface area contributed by atoms with Crippen LogP contribution in [0.3, 0.4) is 0 Å². The Morgan fingerprint density at radius 2 is 2.10 bits per heavy atom. The van der Waals surface area contributed by atoms with Crippen molar-refractivity contribution in [2.75, 3.05) is 0 Å². The third-order valence-corrected chi connectivity index (χ3v) is 4.39. The summed E-state index contributed by atoms with van der Waals surface area (Å²) in [6.45, 7) is 3.96. The Kier molecular flexibility index (Phi) is 5.47. The molecule has 1 amide bonds. The minimum atomic E-state index is -0.102. The van der Waals surface area contributed by atoms with E-state index in [0.717, 1.165) is 15.4 Å². The van der Waals surface area contributed by atoms with Crippen LogP contribution in [0.25, 0.3) is 0 Å². The van der Waals surface area contributed by atoms with Gasteiger partial charge in [0.05, 0.1) is 6.04 Å². The molecular formula is C16H21N3OS. The number of rotatable bonds is 6. The van der Waals surface area contributed by atoms with E-state index in [2.05, 4.69) is 10.3 Å². The number of thiazole rings is 1. The third-order valence-electron chi connectivity index (χ3n) is 3.30. The van der Waals surface area contributed by atoms with Crippen LogP contribution in [0, 0.1) is 6.92 Å². The monoisotopic (exact) mass is 303 g/mol. The van der Waals surface area contributed by atoms with Crippen LogP contribution < -0.4 is 11.1 Å². The highest BCUT2D eigenvalue weighted by atomic mass is 32.1. The van der Waals surface area contributed by atoms with Gasteiger partial charge in [-0.25, -0.2) is 4.98 Å². The number of aromatic nitrogens is 1. The van der Waals surface area contributed by atoms with Gasteiger partial charge in [-0.15, -0.1) is 11.3 Å². The topological polar surface area (TPSA) is 68.0 Å². The molecule has 112 valence electrons. The van der Waals surface area contributed by atoms with Crippen LogP contribution in [0.15, 0.2) is 36.5 Å². The molecule has 21 heavy (non-hydrogen) atoms. The SMILES string of the molecule is Cc1cnc(C(C)NC(=O)CCC(N)c2ccccc2)s1. The van der Waals surface area contributed by atoms with Gasteiger partial charge in [0, 0.05) is 23.5 Å². The van der Waals surface area contributed by atoms with Crippen molar-refractivity contribution < 1.29 is 4.79 Å². The number of hydrogen-bond acceptors (Lipinski definition) is 4. The van der Waals surface area contributed by atoms with Crippen molar-refractivity contribution in [2.45, 2.75) is 38.8 Å². The smallest absolute Gasteiger partial charge is 0.220 e. The average Bonchev–Trinajstić information content (AvgIpc) is 2.92. The summed E-state index contributed by atoms with van der Waals surface area (Å²) in [4.78, 5) is 17.4. The summed E-state index contributed by atoms with van der Waals surface area (Å²) in [5.41, 5.74) is 7.16. The Hall–Kier alpha value is -1.72. The van der Waals surface area contributed by atoms with E-state index < -0.39 is 0 Å². The summed E-state index contributed by atoms with van der Waals surface area (Å²) in [6.07, 6.45) is 2.89. The second-order valence-corrected chi connectivity index (χ2v) is 6.42. The summed E-state index contributed by atoms with van der Waals surface area (Å²) in [5, 5.41) is 3.91. The van der Waals surface area contributed by atoms with Crippen LogP contribution in [-0.4, -0.2) is 10.9 Å². The highest BCUT2D eigenvalue weighted by Gasteiger charge is 2.14. The van der Waals surface area contributed by atoms with E-state index in [1.54, 1.807) is 11.3 Å². The first-order chi connectivity index (χ1) is 10.1.